The van der Waals surface area contributed by atoms with Gasteiger partial charge in [0.1, 0.15) is 5.82 Å². The minimum atomic E-state index is -4.12. The van der Waals surface area contributed by atoms with Crippen molar-refractivity contribution in [2.24, 2.45) is 0 Å². The van der Waals surface area contributed by atoms with E-state index in [2.05, 4.69) is 4.72 Å². The number of hydrogen-bond acceptors (Lipinski definition) is 4. The highest BCUT2D eigenvalue weighted by Gasteiger charge is 2.21. The predicted molar refractivity (Wildman–Crippen MR) is 89.9 cm³/mol. The zero-order valence-corrected chi connectivity index (χ0v) is 14.3. The molecule has 0 saturated heterocycles. The first-order valence-electron chi connectivity index (χ1n) is 6.65. The molecule has 0 amide bonds. The summed E-state index contributed by atoms with van der Waals surface area (Å²) < 4.78 is 40.8. The summed E-state index contributed by atoms with van der Waals surface area (Å²) >= 11 is 6.08. The van der Waals surface area contributed by atoms with E-state index in [4.69, 9.17) is 16.7 Å². The molecule has 2 rings (SSSR count). The fourth-order valence-corrected chi connectivity index (χ4v) is 3.53. The van der Waals surface area contributed by atoms with Crippen LogP contribution in [0.5, 0.6) is 0 Å². The number of carboxylic acid groups (broad SMARTS) is 1. The van der Waals surface area contributed by atoms with E-state index in [9.17, 15) is 17.6 Å². The normalized spacial score (nSPS) is 11.2. The van der Waals surface area contributed by atoms with Gasteiger partial charge in [-0.1, -0.05) is 17.7 Å². The molecule has 9 heteroatoms. The van der Waals surface area contributed by atoms with E-state index in [0.29, 0.717) is 10.7 Å². The summed E-state index contributed by atoms with van der Waals surface area (Å²) in [5.41, 5.74) is -0.0613. The molecular weight excluding hydrogens is 359 g/mol. The second kappa shape index (κ2) is 6.66. The minimum Gasteiger partial charge on any atom is -0.478 e. The van der Waals surface area contributed by atoms with Crippen LogP contribution in [0.4, 0.5) is 15.8 Å². The number of para-hydroxylation sites is 1. The Morgan fingerprint density at radius 2 is 1.92 bits per heavy atom. The van der Waals surface area contributed by atoms with E-state index in [1.807, 2.05) is 0 Å². The number of hydrogen-bond donors (Lipinski definition) is 2. The Bertz CT molecular complexity index is 900. The highest BCUT2D eigenvalue weighted by molar-refractivity contribution is 7.92. The van der Waals surface area contributed by atoms with Crippen molar-refractivity contribution in [1.82, 2.24) is 0 Å². The largest absolute Gasteiger partial charge is 0.478 e. The molecule has 0 radical (unpaired) electrons. The van der Waals surface area contributed by atoms with Crippen molar-refractivity contribution < 1.29 is 22.7 Å². The van der Waals surface area contributed by atoms with E-state index in [-0.39, 0.29) is 10.6 Å². The van der Waals surface area contributed by atoms with Crippen LogP contribution in [0.3, 0.4) is 0 Å². The molecule has 0 unspecified atom stereocenters. The molecule has 0 aliphatic carbocycles. The van der Waals surface area contributed by atoms with Gasteiger partial charge in [0.05, 0.1) is 26.9 Å². The fraction of sp³-hybridized carbons (Fsp3) is 0.133. The summed E-state index contributed by atoms with van der Waals surface area (Å²) in [4.78, 5) is 12.2. The van der Waals surface area contributed by atoms with Gasteiger partial charge in [-0.2, -0.15) is 0 Å². The zero-order chi connectivity index (χ0) is 18.1. The van der Waals surface area contributed by atoms with Crippen LogP contribution in [0.2, 0.25) is 5.02 Å². The lowest BCUT2D eigenvalue weighted by Crippen LogP contribution is -2.18. The number of rotatable bonds is 5. The first-order valence-corrected chi connectivity index (χ1v) is 8.51. The standard InChI is InChI=1S/C15H14ClFN2O4S/c1-19(2)14-11(16)4-3-5-13(14)18-24(22,23)9-6-7-12(17)10(8-9)15(20)21/h3-8,18H,1-2H3,(H,20,21). The molecule has 2 aromatic rings. The Balaban J connectivity index is 2.49. The predicted octanol–water partition coefficient (Wildman–Crippen LogP) is 3.04. The molecule has 24 heavy (non-hydrogen) atoms. The van der Waals surface area contributed by atoms with Gasteiger partial charge >= 0.3 is 5.97 Å². The number of carbonyl (C=O) groups is 1. The highest BCUT2D eigenvalue weighted by Crippen LogP contribution is 2.34. The van der Waals surface area contributed by atoms with Gasteiger partial charge < -0.3 is 10.0 Å². The van der Waals surface area contributed by atoms with E-state index < -0.39 is 27.4 Å². The van der Waals surface area contributed by atoms with E-state index in [0.717, 1.165) is 18.2 Å². The number of carboxylic acids is 1. The average molecular weight is 373 g/mol. The van der Waals surface area contributed by atoms with Crippen molar-refractivity contribution in [1.29, 1.82) is 0 Å². The Morgan fingerprint density at radius 1 is 1.25 bits per heavy atom. The molecule has 0 saturated carbocycles. The van der Waals surface area contributed by atoms with E-state index in [1.54, 1.807) is 31.1 Å². The lowest BCUT2D eigenvalue weighted by atomic mass is 10.2. The summed E-state index contributed by atoms with van der Waals surface area (Å²) in [6.07, 6.45) is 0. The van der Waals surface area contributed by atoms with Crippen molar-refractivity contribution >= 4 is 39.0 Å². The molecule has 0 spiro atoms. The number of anilines is 2. The molecule has 0 atom stereocenters. The maximum atomic E-state index is 13.4. The number of sulfonamides is 1. The third kappa shape index (κ3) is 3.60. The summed E-state index contributed by atoms with van der Waals surface area (Å²) in [5, 5.41) is 9.26. The van der Waals surface area contributed by atoms with Crippen LogP contribution in [0.15, 0.2) is 41.3 Å². The number of nitrogens with one attached hydrogen (secondary N) is 1. The number of halogens is 2. The van der Waals surface area contributed by atoms with Gasteiger partial charge in [0.25, 0.3) is 10.0 Å². The molecule has 0 bridgehead atoms. The van der Waals surface area contributed by atoms with Crippen molar-refractivity contribution in [2.75, 3.05) is 23.7 Å². The first kappa shape index (κ1) is 18.0. The quantitative estimate of drug-likeness (QED) is 0.842. The summed E-state index contributed by atoms with van der Waals surface area (Å²) in [6.45, 7) is 0. The van der Waals surface area contributed by atoms with Gasteiger partial charge in [-0.05, 0) is 30.3 Å². The van der Waals surface area contributed by atoms with Crippen LogP contribution in [-0.2, 0) is 10.0 Å². The van der Waals surface area contributed by atoms with E-state index in [1.165, 1.54) is 6.07 Å². The molecule has 6 nitrogen and oxygen atoms in total. The third-order valence-corrected chi connectivity index (χ3v) is 4.83. The lowest BCUT2D eigenvalue weighted by Gasteiger charge is -2.20. The molecule has 2 N–H and O–H groups in total. The molecule has 0 aromatic heterocycles. The Hall–Kier alpha value is -2.32. The van der Waals surface area contributed by atoms with Gasteiger partial charge in [-0.25, -0.2) is 17.6 Å². The second-order valence-corrected chi connectivity index (χ2v) is 7.17. The van der Waals surface area contributed by atoms with E-state index >= 15 is 0 Å². The molecule has 0 aliphatic heterocycles. The second-order valence-electron chi connectivity index (χ2n) is 5.08. The van der Waals surface area contributed by atoms with Crippen molar-refractivity contribution in [3.05, 3.63) is 52.8 Å². The molecule has 0 heterocycles. The Kier molecular flexibility index (Phi) is 5.00. The van der Waals surface area contributed by atoms with Crippen LogP contribution in [0.1, 0.15) is 10.4 Å². The number of aromatic carboxylic acids is 1. The SMILES string of the molecule is CN(C)c1c(Cl)cccc1NS(=O)(=O)c1ccc(F)c(C(=O)O)c1. The molecule has 128 valence electrons. The van der Waals surface area contributed by atoms with Gasteiger partial charge in [-0.3, -0.25) is 4.72 Å². The minimum absolute atomic E-state index is 0.216. The van der Waals surface area contributed by atoms with Gasteiger partial charge in [0.2, 0.25) is 0 Å². The summed E-state index contributed by atoms with van der Waals surface area (Å²) in [7, 11) is -0.736. The Labute approximate surface area is 143 Å². The van der Waals surface area contributed by atoms with Crippen molar-refractivity contribution in [2.45, 2.75) is 4.90 Å². The highest BCUT2D eigenvalue weighted by atomic mass is 35.5. The number of benzene rings is 2. The maximum absolute atomic E-state index is 13.4. The van der Waals surface area contributed by atoms with Gasteiger partial charge in [0, 0.05) is 14.1 Å². The van der Waals surface area contributed by atoms with Crippen molar-refractivity contribution in [3.63, 3.8) is 0 Å². The monoisotopic (exact) mass is 372 g/mol. The average Bonchev–Trinajstić information content (AvgIpc) is 2.46. The van der Waals surface area contributed by atoms with Crippen LogP contribution in [-0.4, -0.2) is 33.6 Å². The van der Waals surface area contributed by atoms with Crippen LogP contribution in [0, 0.1) is 5.82 Å². The smallest absolute Gasteiger partial charge is 0.338 e. The first-order chi connectivity index (χ1) is 11.1. The summed E-state index contributed by atoms with van der Waals surface area (Å²) in [5.74, 6) is -2.57. The number of nitrogens with zero attached hydrogens (tertiary/aromatic N) is 1. The zero-order valence-electron chi connectivity index (χ0n) is 12.7. The topological polar surface area (TPSA) is 86.7 Å². The maximum Gasteiger partial charge on any atom is 0.338 e. The molecule has 2 aromatic carbocycles. The summed E-state index contributed by atoms with van der Waals surface area (Å²) in [6, 6.07) is 7.24. The molecule has 0 fully saturated rings. The van der Waals surface area contributed by atoms with Gasteiger partial charge in [0.15, 0.2) is 0 Å². The Morgan fingerprint density at radius 3 is 2.50 bits per heavy atom. The molecular formula is C15H14ClFN2O4S. The fourth-order valence-electron chi connectivity index (χ4n) is 2.09. The van der Waals surface area contributed by atoms with Crippen LogP contribution >= 0.6 is 11.6 Å². The third-order valence-electron chi connectivity index (χ3n) is 3.16. The molecule has 0 aliphatic rings. The van der Waals surface area contributed by atoms with Gasteiger partial charge in [-0.15, -0.1) is 0 Å². The van der Waals surface area contributed by atoms with Crippen molar-refractivity contribution in [3.8, 4) is 0 Å². The van der Waals surface area contributed by atoms with Crippen LogP contribution in [0.25, 0.3) is 0 Å². The lowest BCUT2D eigenvalue weighted by molar-refractivity contribution is 0.0691. The van der Waals surface area contributed by atoms with Crippen LogP contribution < -0.4 is 9.62 Å².